The molecule has 0 fully saturated rings. The number of nitrogens with zero attached hydrogens (tertiary/aromatic N) is 4. The Bertz CT molecular complexity index is 2110. The molecule has 0 spiro atoms. The van der Waals surface area contributed by atoms with Crippen LogP contribution in [0.3, 0.4) is 0 Å². The van der Waals surface area contributed by atoms with Crippen LogP contribution >= 0.6 is 0 Å². The molecule has 0 amide bonds. The van der Waals surface area contributed by atoms with E-state index in [1.54, 1.807) is 0 Å². The van der Waals surface area contributed by atoms with Crippen molar-refractivity contribution in [2.75, 3.05) is 0 Å². The van der Waals surface area contributed by atoms with E-state index in [9.17, 15) is 0 Å². The molecule has 0 radical (unpaired) electrons. The molecular formula is C37H28N4. The van der Waals surface area contributed by atoms with E-state index in [4.69, 9.17) is 9.98 Å². The smallest absolute Gasteiger partial charge is 0.156 e. The summed E-state index contributed by atoms with van der Waals surface area (Å²) >= 11 is 0. The Morgan fingerprint density at radius 2 is 1.22 bits per heavy atom. The number of aryl methyl sites for hydroxylation is 1. The molecule has 4 heterocycles. The first-order valence-electron chi connectivity index (χ1n) is 14.1. The first-order valence-corrected chi connectivity index (χ1v) is 14.1. The van der Waals surface area contributed by atoms with E-state index in [-0.39, 0.29) is 6.17 Å². The predicted octanol–water partition coefficient (Wildman–Crippen LogP) is 8.86. The maximum Gasteiger partial charge on any atom is 0.156 e. The van der Waals surface area contributed by atoms with E-state index in [0.717, 1.165) is 22.7 Å². The van der Waals surface area contributed by atoms with Crippen molar-refractivity contribution in [3.8, 4) is 11.3 Å². The molecule has 0 saturated carbocycles. The highest BCUT2D eigenvalue weighted by Crippen LogP contribution is 2.44. The third kappa shape index (κ3) is 3.75. The Balaban J connectivity index is 1.47. The van der Waals surface area contributed by atoms with Crippen LogP contribution in [0.4, 0.5) is 0 Å². The summed E-state index contributed by atoms with van der Waals surface area (Å²) in [6, 6.07) is 47.0. The lowest BCUT2D eigenvalue weighted by Gasteiger charge is -2.24. The minimum atomic E-state index is -0.157. The average molecular weight is 529 g/mol. The van der Waals surface area contributed by atoms with Gasteiger partial charge < -0.3 is 8.97 Å². The van der Waals surface area contributed by atoms with Gasteiger partial charge in [0.1, 0.15) is 6.17 Å². The van der Waals surface area contributed by atoms with Gasteiger partial charge in [-0.25, -0.2) is 9.98 Å². The molecule has 41 heavy (non-hydrogen) atoms. The number of hydrogen-bond donors (Lipinski definition) is 0. The third-order valence-corrected chi connectivity index (χ3v) is 8.17. The first-order chi connectivity index (χ1) is 20.3. The van der Waals surface area contributed by atoms with Gasteiger partial charge in [0.05, 0.1) is 28.0 Å². The van der Waals surface area contributed by atoms with Crippen LogP contribution in [0.2, 0.25) is 0 Å². The molecule has 4 heteroatoms. The fourth-order valence-electron chi connectivity index (χ4n) is 6.40. The Hall–Kier alpha value is -5.22. The molecule has 1 atom stereocenters. The number of benzene rings is 4. The molecule has 1 aliphatic heterocycles. The second-order valence-electron chi connectivity index (χ2n) is 10.6. The molecule has 0 aliphatic carbocycles. The van der Waals surface area contributed by atoms with Crippen LogP contribution in [0.1, 0.15) is 29.4 Å². The number of para-hydroxylation sites is 1. The second kappa shape index (κ2) is 9.46. The number of rotatable bonds is 4. The lowest BCUT2D eigenvalue weighted by atomic mass is 10.0. The summed E-state index contributed by atoms with van der Waals surface area (Å²) < 4.78 is 4.88. The van der Waals surface area contributed by atoms with Gasteiger partial charge >= 0.3 is 0 Å². The highest BCUT2D eigenvalue weighted by atomic mass is 15.2. The number of amidine groups is 1. The van der Waals surface area contributed by atoms with E-state index in [0.29, 0.717) is 6.42 Å². The molecule has 1 aliphatic rings. The summed E-state index contributed by atoms with van der Waals surface area (Å²) in [5, 5.41) is 2.51. The number of aromatic nitrogens is 2. The van der Waals surface area contributed by atoms with Crippen molar-refractivity contribution in [1.82, 2.24) is 8.97 Å². The zero-order chi connectivity index (χ0) is 27.3. The Kier molecular flexibility index (Phi) is 5.46. The SMILES string of the molecule is Cc1cccc2c3c(c(-c4ccccc4)n12)c1ccccc1n3C1CC(c2ccccc2)=NC(c2ccccc2)=N1. The van der Waals surface area contributed by atoms with E-state index in [1.165, 1.54) is 44.3 Å². The summed E-state index contributed by atoms with van der Waals surface area (Å²) in [7, 11) is 0. The van der Waals surface area contributed by atoms with E-state index in [1.807, 2.05) is 6.07 Å². The van der Waals surface area contributed by atoms with Gasteiger partial charge in [-0.05, 0) is 36.2 Å². The summed E-state index contributed by atoms with van der Waals surface area (Å²) in [6.45, 7) is 2.19. The standard InChI is InChI=1S/C37H28N4/c1-25-14-13-23-32-36-34(35(40(25)32)27-17-7-3-8-18-27)29-21-11-12-22-31(29)41(36)33-24-30(26-15-5-2-6-16-26)38-37(39-33)28-19-9-4-10-20-28/h2-23,33H,24H2,1H3. The van der Waals surface area contributed by atoms with Crippen LogP contribution in [-0.2, 0) is 0 Å². The van der Waals surface area contributed by atoms with Crippen molar-refractivity contribution in [3.63, 3.8) is 0 Å². The number of aliphatic imine (C=N–C) groups is 2. The molecule has 1 unspecified atom stereocenters. The summed E-state index contributed by atoms with van der Waals surface area (Å²) in [4.78, 5) is 10.5. The normalized spacial score (nSPS) is 15.4. The number of fused-ring (bicyclic) bond motifs is 5. The average Bonchev–Trinajstić information content (AvgIpc) is 3.56. The van der Waals surface area contributed by atoms with Gasteiger partial charge in [0, 0.05) is 28.5 Å². The zero-order valence-electron chi connectivity index (χ0n) is 22.8. The summed E-state index contributed by atoms with van der Waals surface area (Å²) in [5.74, 6) is 0.773. The third-order valence-electron chi connectivity index (χ3n) is 8.17. The van der Waals surface area contributed by atoms with Gasteiger partial charge in [-0.2, -0.15) is 0 Å². The van der Waals surface area contributed by atoms with E-state index >= 15 is 0 Å². The minimum absolute atomic E-state index is 0.157. The lowest BCUT2D eigenvalue weighted by Crippen LogP contribution is -2.21. The molecule has 4 nitrogen and oxygen atoms in total. The molecule has 196 valence electrons. The summed E-state index contributed by atoms with van der Waals surface area (Å²) in [6.07, 6.45) is 0.549. The van der Waals surface area contributed by atoms with E-state index in [2.05, 4.69) is 143 Å². The monoisotopic (exact) mass is 528 g/mol. The summed E-state index contributed by atoms with van der Waals surface area (Å²) in [5.41, 5.74) is 10.4. The lowest BCUT2D eigenvalue weighted by molar-refractivity contribution is 0.573. The molecule has 0 N–H and O–H groups in total. The van der Waals surface area contributed by atoms with Crippen LogP contribution in [0.25, 0.3) is 38.6 Å². The molecule has 8 rings (SSSR count). The zero-order valence-corrected chi connectivity index (χ0v) is 22.8. The van der Waals surface area contributed by atoms with Crippen LogP contribution in [0, 0.1) is 6.92 Å². The van der Waals surface area contributed by atoms with Crippen LogP contribution in [0.15, 0.2) is 143 Å². The fourth-order valence-corrected chi connectivity index (χ4v) is 6.40. The largest absolute Gasteiger partial charge is 0.315 e. The molecule has 0 saturated heterocycles. The van der Waals surface area contributed by atoms with Crippen molar-refractivity contribution in [2.45, 2.75) is 19.5 Å². The Morgan fingerprint density at radius 3 is 1.95 bits per heavy atom. The number of pyridine rings is 1. The maximum atomic E-state index is 5.36. The van der Waals surface area contributed by atoms with Gasteiger partial charge in [0.25, 0.3) is 0 Å². The van der Waals surface area contributed by atoms with Gasteiger partial charge in [-0.15, -0.1) is 0 Å². The predicted molar refractivity (Wildman–Crippen MR) is 170 cm³/mol. The van der Waals surface area contributed by atoms with Crippen LogP contribution < -0.4 is 0 Å². The van der Waals surface area contributed by atoms with Crippen molar-refractivity contribution in [3.05, 3.63) is 150 Å². The van der Waals surface area contributed by atoms with Crippen LogP contribution in [0.5, 0.6) is 0 Å². The Morgan fingerprint density at radius 1 is 0.610 bits per heavy atom. The number of hydrogen-bond acceptors (Lipinski definition) is 2. The highest BCUT2D eigenvalue weighted by Gasteiger charge is 2.29. The van der Waals surface area contributed by atoms with Gasteiger partial charge in [-0.3, -0.25) is 0 Å². The van der Waals surface area contributed by atoms with Crippen LogP contribution in [-0.4, -0.2) is 20.5 Å². The molecule has 3 aromatic heterocycles. The van der Waals surface area contributed by atoms with Crippen molar-refractivity contribution >= 4 is 38.9 Å². The maximum absolute atomic E-state index is 5.36. The Labute approximate surface area is 238 Å². The van der Waals surface area contributed by atoms with Gasteiger partial charge in [-0.1, -0.05) is 115 Å². The topological polar surface area (TPSA) is 34.1 Å². The minimum Gasteiger partial charge on any atom is -0.315 e. The molecular weight excluding hydrogens is 500 g/mol. The van der Waals surface area contributed by atoms with Crippen molar-refractivity contribution in [1.29, 1.82) is 0 Å². The molecule has 0 bridgehead atoms. The first kappa shape index (κ1) is 23.6. The van der Waals surface area contributed by atoms with Crippen molar-refractivity contribution < 1.29 is 0 Å². The second-order valence-corrected chi connectivity index (χ2v) is 10.6. The molecule has 4 aromatic carbocycles. The fraction of sp³-hybridized carbons (Fsp3) is 0.0811. The van der Waals surface area contributed by atoms with E-state index < -0.39 is 0 Å². The highest BCUT2D eigenvalue weighted by molar-refractivity contribution is 6.21. The molecule has 7 aromatic rings. The van der Waals surface area contributed by atoms with Crippen molar-refractivity contribution in [2.24, 2.45) is 9.98 Å². The quantitative estimate of drug-likeness (QED) is 0.219. The van der Waals surface area contributed by atoms with Gasteiger partial charge in [0.15, 0.2) is 5.84 Å². The van der Waals surface area contributed by atoms with Gasteiger partial charge in [0.2, 0.25) is 0 Å².